The number of urea groups is 1. The Morgan fingerprint density at radius 3 is 2.43 bits per heavy atom. The minimum atomic E-state index is -0.387. The van der Waals surface area contributed by atoms with E-state index in [2.05, 4.69) is 32.1 Å². The zero-order chi connectivity index (χ0) is 20.9. The molecule has 0 atom stereocenters. The highest BCUT2D eigenvalue weighted by Gasteiger charge is 2.17. The van der Waals surface area contributed by atoms with Gasteiger partial charge in [-0.05, 0) is 37.1 Å². The van der Waals surface area contributed by atoms with Gasteiger partial charge in [0.05, 0.1) is 16.8 Å². The molecule has 6 nitrogen and oxygen atoms in total. The van der Waals surface area contributed by atoms with Crippen molar-refractivity contribution in [2.24, 2.45) is 0 Å². The van der Waals surface area contributed by atoms with Crippen LogP contribution in [0.4, 0.5) is 4.79 Å². The summed E-state index contributed by atoms with van der Waals surface area (Å²) in [7, 11) is 0. The van der Waals surface area contributed by atoms with Crippen molar-refractivity contribution in [1.82, 2.24) is 21.2 Å². The highest BCUT2D eigenvalue weighted by atomic mass is 79.9. The van der Waals surface area contributed by atoms with E-state index in [4.69, 9.17) is 4.98 Å². The van der Waals surface area contributed by atoms with E-state index in [0.717, 1.165) is 46.6 Å². The maximum atomic E-state index is 12.9. The molecule has 0 radical (unpaired) electrons. The fourth-order valence-electron chi connectivity index (χ4n) is 3.78. The van der Waals surface area contributed by atoms with Gasteiger partial charge in [-0.3, -0.25) is 10.2 Å². The molecule has 154 valence electrons. The third kappa shape index (κ3) is 4.79. The topological polar surface area (TPSA) is 83.1 Å². The third-order valence-corrected chi connectivity index (χ3v) is 5.86. The van der Waals surface area contributed by atoms with E-state index in [1.165, 1.54) is 6.42 Å². The molecule has 7 heteroatoms. The number of benzene rings is 2. The maximum Gasteiger partial charge on any atom is 0.333 e. The van der Waals surface area contributed by atoms with Crippen molar-refractivity contribution in [2.75, 3.05) is 0 Å². The van der Waals surface area contributed by atoms with Crippen LogP contribution in [0.5, 0.6) is 0 Å². The zero-order valence-electron chi connectivity index (χ0n) is 16.5. The van der Waals surface area contributed by atoms with E-state index in [-0.39, 0.29) is 18.0 Å². The first-order valence-corrected chi connectivity index (χ1v) is 10.9. The Morgan fingerprint density at radius 1 is 0.933 bits per heavy atom. The molecule has 3 amide bonds. The molecule has 0 unspecified atom stereocenters. The molecule has 0 spiro atoms. The van der Waals surface area contributed by atoms with Crippen LogP contribution in [0.15, 0.2) is 59.1 Å². The SMILES string of the molecule is O=C(NNC(=O)c1cc(-c2ccc(Br)cc2)nc2ccccc12)NC1CCCCC1. The molecule has 1 heterocycles. The van der Waals surface area contributed by atoms with E-state index < -0.39 is 0 Å². The van der Waals surface area contributed by atoms with Gasteiger partial charge in [0.15, 0.2) is 0 Å². The number of para-hydroxylation sites is 1. The summed E-state index contributed by atoms with van der Waals surface area (Å²) in [6.45, 7) is 0. The first kappa shape index (κ1) is 20.3. The predicted molar refractivity (Wildman–Crippen MR) is 121 cm³/mol. The van der Waals surface area contributed by atoms with Crippen LogP contribution in [0, 0.1) is 0 Å². The number of halogens is 1. The Labute approximate surface area is 183 Å². The van der Waals surface area contributed by atoms with Gasteiger partial charge in [-0.2, -0.15) is 0 Å². The summed E-state index contributed by atoms with van der Waals surface area (Å²) in [5, 5.41) is 3.65. The van der Waals surface area contributed by atoms with E-state index in [0.29, 0.717) is 11.3 Å². The molecule has 1 aliphatic carbocycles. The van der Waals surface area contributed by atoms with Crippen LogP contribution < -0.4 is 16.2 Å². The van der Waals surface area contributed by atoms with Gasteiger partial charge in [0, 0.05) is 21.5 Å². The highest BCUT2D eigenvalue weighted by molar-refractivity contribution is 9.10. The van der Waals surface area contributed by atoms with Crippen LogP contribution in [-0.2, 0) is 0 Å². The molecular weight excluding hydrogens is 444 g/mol. The van der Waals surface area contributed by atoms with E-state index in [1.807, 2.05) is 48.5 Å². The van der Waals surface area contributed by atoms with E-state index in [1.54, 1.807) is 6.07 Å². The van der Waals surface area contributed by atoms with Gasteiger partial charge < -0.3 is 5.32 Å². The lowest BCUT2D eigenvalue weighted by Gasteiger charge is -2.22. The van der Waals surface area contributed by atoms with E-state index >= 15 is 0 Å². The standard InChI is InChI=1S/C23H23BrN4O2/c24-16-12-10-15(11-13-16)21-14-19(18-8-4-5-9-20(18)26-21)22(29)27-28-23(30)25-17-6-2-1-3-7-17/h4-5,8-14,17H,1-3,6-7H2,(H,27,29)(H2,25,28,30). The van der Waals surface area contributed by atoms with Crippen molar-refractivity contribution in [1.29, 1.82) is 0 Å². The molecule has 1 fully saturated rings. The lowest BCUT2D eigenvalue weighted by molar-refractivity contribution is 0.0937. The summed E-state index contributed by atoms with van der Waals surface area (Å²) < 4.78 is 0.971. The summed E-state index contributed by atoms with van der Waals surface area (Å²) >= 11 is 3.43. The van der Waals surface area contributed by atoms with E-state index in [9.17, 15) is 9.59 Å². The van der Waals surface area contributed by atoms with Gasteiger partial charge in [0.25, 0.3) is 5.91 Å². The minimum absolute atomic E-state index is 0.168. The number of amides is 3. The van der Waals surface area contributed by atoms with Gasteiger partial charge in [-0.1, -0.05) is 65.5 Å². The first-order chi connectivity index (χ1) is 14.6. The fourth-order valence-corrected chi connectivity index (χ4v) is 4.05. The Morgan fingerprint density at radius 2 is 1.67 bits per heavy atom. The Bertz CT molecular complexity index is 1060. The summed E-state index contributed by atoms with van der Waals surface area (Å²) in [6, 6.07) is 16.8. The van der Waals surface area contributed by atoms with Gasteiger partial charge in [0.1, 0.15) is 0 Å². The molecule has 0 bridgehead atoms. The maximum absolute atomic E-state index is 12.9. The van der Waals surface area contributed by atoms with Crippen molar-refractivity contribution >= 4 is 38.8 Å². The number of hydrogen-bond acceptors (Lipinski definition) is 3. The lowest BCUT2D eigenvalue weighted by Crippen LogP contribution is -2.50. The van der Waals surface area contributed by atoms with Crippen molar-refractivity contribution in [3.05, 3.63) is 64.6 Å². The van der Waals surface area contributed by atoms with Gasteiger partial charge in [-0.15, -0.1) is 0 Å². The number of hydrogen-bond donors (Lipinski definition) is 3. The van der Waals surface area contributed by atoms with Crippen LogP contribution in [0.3, 0.4) is 0 Å². The number of nitrogens with one attached hydrogen (secondary N) is 3. The molecule has 4 rings (SSSR count). The number of fused-ring (bicyclic) bond motifs is 1. The molecule has 3 aromatic rings. The smallest absolute Gasteiger partial charge is 0.333 e. The number of nitrogens with zero attached hydrogens (tertiary/aromatic N) is 1. The minimum Gasteiger partial charge on any atom is -0.334 e. The second-order valence-electron chi connectivity index (χ2n) is 7.47. The lowest BCUT2D eigenvalue weighted by atomic mass is 9.96. The van der Waals surface area contributed by atoms with Gasteiger partial charge in [-0.25, -0.2) is 15.2 Å². The highest BCUT2D eigenvalue weighted by Crippen LogP contribution is 2.26. The normalized spacial score (nSPS) is 14.3. The van der Waals surface area contributed by atoms with Gasteiger partial charge in [0.2, 0.25) is 0 Å². The van der Waals surface area contributed by atoms with Crippen molar-refractivity contribution in [2.45, 2.75) is 38.1 Å². The van der Waals surface area contributed by atoms with Crippen LogP contribution in [0.25, 0.3) is 22.2 Å². The van der Waals surface area contributed by atoms with Crippen LogP contribution in [0.1, 0.15) is 42.5 Å². The average Bonchev–Trinajstić information content (AvgIpc) is 2.78. The zero-order valence-corrected chi connectivity index (χ0v) is 18.0. The number of carbonyl (C=O) groups excluding carboxylic acids is 2. The Kier molecular flexibility index (Phi) is 6.28. The fraction of sp³-hybridized carbons (Fsp3) is 0.261. The Hall–Kier alpha value is -2.93. The molecule has 2 aromatic carbocycles. The summed E-state index contributed by atoms with van der Waals surface area (Å²) in [5.41, 5.74) is 7.78. The van der Waals surface area contributed by atoms with Crippen molar-refractivity contribution < 1.29 is 9.59 Å². The van der Waals surface area contributed by atoms with Crippen LogP contribution in [0.2, 0.25) is 0 Å². The first-order valence-electron chi connectivity index (χ1n) is 10.1. The van der Waals surface area contributed by atoms with Crippen molar-refractivity contribution in [3.8, 4) is 11.3 Å². The largest absolute Gasteiger partial charge is 0.334 e. The molecule has 1 aliphatic rings. The number of carbonyl (C=O) groups is 2. The molecule has 3 N–H and O–H groups in total. The number of hydrazine groups is 1. The monoisotopic (exact) mass is 466 g/mol. The number of rotatable bonds is 3. The summed E-state index contributed by atoms with van der Waals surface area (Å²) in [4.78, 5) is 29.8. The number of aromatic nitrogens is 1. The average molecular weight is 467 g/mol. The second kappa shape index (κ2) is 9.26. The molecule has 30 heavy (non-hydrogen) atoms. The summed E-state index contributed by atoms with van der Waals surface area (Å²) in [5.74, 6) is -0.384. The quantitative estimate of drug-likeness (QED) is 0.477. The molecule has 0 saturated heterocycles. The molecular formula is C23H23BrN4O2. The Balaban J connectivity index is 1.53. The van der Waals surface area contributed by atoms with Crippen LogP contribution >= 0.6 is 15.9 Å². The molecule has 1 saturated carbocycles. The van der Waals surface area contributed by atoms with Gasteiger partial charge >= 0.3 is 6.03 Å². The third-order valence-electron chi connectivity index (χ3n) is 5.33. The van der Waals surface area contributed by atoms with Crippen LogP contribution in [-0.4, -0.2) is 23.0 Å². The van der Waals surface area contributed by atoms with Crippen molar-refractivity contribution in [3.63, 3.8) is 0 Å². The number of pyridine rings is 1. The molecule has 1 aromatic heterocycles. The summed E-state index contributed by atoms with van der Waals surface area (Å²) in [6.07, 6.45) is 5.42. The second-order valence-corrected chi connectivity index (χ2v) is 8.38. The predicted octanol–water partition coefficient (Wildman–Crippen LogP) is 4.94. The molecule has 0 aliphatic heterocycles.